The zero-order valence-corrected chi connectivity index (χ0v) is 17.9. The molecule has 1 heterocycles. The van der Waals surface area contributed by atoms with Gasteiger partial charge in [-0.25, -0.2) is 8.42 Å². The average molecular weight is 415 g/mol. The molecular formula is C23H30N2O3S. The van der Waals surface area contributed by atoms with E-state index >= 15 is 0 Å². The third-order valence-electron chi connectivity index (χ3n) is 5.36. The number of carbonyl (C=O) groups is 1. The van der Waals surface area contributed by atoms with E-state index in [1.54, 1.807) is 30.3 Å². The van der Waals surface area contributed by atoms with Crippen molar-refractivity contribution in [1.82, 2.24) is 9.62 Å². The molecule has 1 amide bonds. The molecule has 2 aromatic rings. The van der Waals surface area contributed by atoms with Crippen molar-refractivity contribution in [2.24, 2.45) is 11.8 Å². The third-order valence-corrected chi connectivity index (χ3v) is 7.24. The number of nitrogens with one attached hydrogen (secondary N) is 1. The second-order valence-electron chi connectivity index (χ2n) is 8.12. The summed E-state index contributed by atoms with van der Waals surface area (Å²) in [7, 11) is -3.57. The van der Waals surface area contributed by atoms with Crippen molar-refractivity contribution in [3.8, 4) is 0 Å². The summed E-state index contributed by atoms with van der Waals surface area (Å²) < 4.78 is 27.3. The van der Waals surface area contributed by atoms with Gasteiger partial charge in [0, 0.05) is 13.1 Å². The maximum absolute atomic E-state index is 13.0. The zero-order chi connectivity index (χ0) is 20.9. The summed E-state index contributed by atoms with van der Waals surface area (Å²) in [6.07, 6.45) is 2.23. The predicted molar refractivity (Wildman–Crippen MR) is 115 cm³/mol. The summed E-state index contributed by atoms with van der Waals surface area (Å²) >= 11 is 0. The first-order valence-corrected chi connectivity index (χ1v) is 11.7. The van der Waals surface area contributed by atoms with Crippen LogP contribution < -0.4 is 5.32 Å². The summed E-state index contributed by atoms with van der Waals surface area (Å²) in [5, 5.41) is 3.19. The van der Waals surface area contributed by atoms with Crippen molar-refractivity contribution in [2.75, 3.05) is 13.1 Å². The van der Waals surface area contributed by atoms with Gasteiger partial charge in [-0.2, -0.15) is 4.31 Å². The molecule has 6 heteroatoms. The van der Waals surface area contributed by atoms with Crippen molar-refractivity contribution in [2.45, 2.75) is 44.0 Å². The quantitative estimate of drug-likeness (QED) is 0.745. The molecule has 1 aliphatic rings. The van der Waals surface area contributed by atoms with Crippen molar-refractivity contribution >= 4 is 15.9 Å². The Bertz CT molecular complexity index is 898. The van der Waals surface area contributed by atoms with Gasteiger partial charge in [0.15, 0.2) is 0 Å². The molecule has 5 nitrogen and oxygen atoms in total. The minimum atomic E-state index is -3.57. The summed E-state index contributed by atoms with van der Waals surface area (Å²) in [6, 6.07) is 18.3. The Hall–Kier alpha value is -2.18. The first-order valence-electron chi connectivity index (χ1n) is 10.3. The molecule has 1 aliphatic heterocycles. The highest BCUT2D eigenvalue weighted by Gasteiger charge is 2.34. The lowest BCUT2D eigenvalue weighted by Crippen LogP contribution is -2.46. The first kappa shape index (κ1) is 21.5. The largest absolute Gasteiger partial charge is 0.349 e. The Balaban J connectivity index is 1.72. The predicted octanol–water partition coefficient (Wildman–Crippen LogP) is 3.99. The summed E-state index contributed by atoms with van der Waals surface area (Å²) in [5.74, 6) is 0.0369. The molecule has 156 valence electrons. The van der Waals surface area contributed by atoms with E-state index in [1.807, 2.05) is 30.3 Å². The molecule has 2 atom stereocenters. The molecule has 1 fully saturated rings. The maximum atomic E-state index is 13.0. The highest BCUT2D eigenvalue weighted by atomic mass is 32.2. The van der Waals surface area contributed by atoms with Crippen molar-refractivity contribution in [3.05, 3.63) is 66.2 Å². The van der Waals surface area contributed by atoms with Gasteiger partial charge in [-0.05, 0) is 42.9 Å². The lowest BCUT2D eigenvalue weighted by molar-refractivity contribution is -0.127. The first-order chi connectivity index (χ1) is 13.9. The minimum Gasteiger partial charge on any atom is -0.349 e. The van der Waals surface area contributed by atoms with Gasteiger partial charge in [0.05, 0.1) is 16.9 Å². The topological polar surface area (TPSA) is 66.5 Å². The van der Waals surface area contributed by atoms with E-state index in [0.29, 0.717) is 25.3 Å². The lowest BCUT2D eigenvalue weighted by Gasteiger charge is -2.32. The molecule has 0 radical (unpaired) electrons. The fraction of sp³-hybridized carbons (Fsp3) is 0.435. The van der Waals surface area contributed by atoms with Crippen molar-refractivity contribution in [3.63, 3.8) is 0 Å². The zero-order valence-electron chi connectivity index (χ0n) is 17.1. The van der Waals surface area contributed by atoms with Gasteiger partial charge in [0.25, 0.3) is 0 Å². The number of hydrogen-bond acceptors (Lipinski definition) is 3. The Morgan fingerprint density at radius 2 is 1.69 bits per heavy atom. The number of amides is 1. The number of sulfonamides is 1. The molecule has 1 N–H and O–H groups in total. The second kappa shape index (κ2) is 9.55. The molecule has 0 unspecified atom stereocenters. The van der Waals surface area contributed by atoms with Gasteiger partial charge in [0.2, 0.25) is 15.9 Å². The molecule has 1 saturated heterocycles. The van der Waals surface area contributed by atoms with E-state index in [9.17, 15) is 13.2 Å². The lowest BCUT2D eigenvalue weighted by atomic mass is 9.94. The molecular weight excluding hydrogens is 384 g/mol. The normalized spacial score (nSPS) is 19.1. The van der Waals surface area contributed by atoms with Crippen LogP contribution in [0.5, 0.6) is 0 Å². The van der Waals surface area contributed by atoms with Crippen molar-refractivity contribution in [1.29, 1.82) is 0 Å². The molecule has 29 heavy (non-hydrogen) atoms. The third kappa shape index (κ3) is 5.46. The average Bonchev–Trinajstić information content (AvgIpc) is 2.74. The van der Waals surface area contributed by atoms with Gasteiger partial charge < -0.3 is 5.32 Å². The van der Waals surface area contributed by atoms with Gasteiger partial charge >= 0.3 is 0 Å². The summed E-state index contributed by atoms with van der Waals surface area (Å²) in [5.41, 5.74) is 1.08. The number of benzene rings is 2. The Morgan fingerprint density at radius 1 is 1.07 bits per heavy atom. The van der Waals surface area contributed by atoms with Crippen LogP contribution in [0, 0.1) is 11.8 Å². The number of carbonyl (C=O) groups excluding carboxylic acids is 1. The molecule has 0 bridgehead atoms. The van der Waals surface area contributed by atoms with E-state index in [1.165, 1.54) is 4.31 Å². The van der Waals surface area contributed by atoms with E-state index in [4.69, 9.17) is 0 Å². The van der Waals surface area contributed by atoms with Gasteiger partial charge in [-0.1, -0.05) is 62.4 Å². The van der Waals surface area contributed by atoms with E-state index in [-0.39, 0.29) is 29.3 Å². The Morgan fingerprint density at radius 3 is 2.31 bits per heavy atom. The van der Waals surface area contributed by atoms with Crippen LogP contribution in [0.2, 0.25) is 0 Å². The SMILES string of the molecule is CC(C)C[C@H](NC(=O)[C@H]1CCCN(S(=O)(=O)c2ccccc2)C1)c1ccccc1. The van der Waals surface area contributed by atoms with Crippen LogP contribution >= 0.6 is 0 Å². The second-order valence-corrected chi connectivity index (χ2v) is 10.1. The fourth-order valence-corrected chi connectivity index (χ4v) is 5.39. The van der Waals surface area contributed by atoms with Gasteiger partial charge in [-0.15, -0.1) is 0 Å². The van der Waals surface area contributed by atoms with Crippen LogP contribution in [0.15, 0.2) is 65.6 Å². The molecule has 0 aromatic heterocycles. The summed E-state index contributed by atoms with van der Waals surface area (Å²) in [6.45, 7) is 4.95. The van der Waals surface area contributed by atoms with Crippen LogP contribution in [0.25, 0.3) is 0 Å². The maximum Gasteiger partial charge on any atom is 0.243 e. The van der Waals surface area contributed by atoms with E-state index < -0.39 is 10.0 Å². The minimum absolute atomic E-state index is 0.0625. The van der Waals surface area contributed by atoms with Crippen LogP contribution in [0.3, 0.4) is 0 Å². The fourth-order valence-electron chi connectivity index (χ4n) is 3.84. The van der Waals surface area contributed by atoms with Gasteiger partial charge in [-0.3, -0.25) is 4.79 Å². The molecule has 3 rings (SSSR count). The number of rotatable bonds is 7. The monoisotopic (exact) mass is 414 g/mol. The molecule has 0 saturated carbocycles. The number of piperidine rings is 1. The number of nitrogens with zero attached hydrogens (tertiary/aromatic N) is 1. The number of hydrogen-bond donors (Lipinski definition) is 1. The smallest absolute Gasteiger partial charge is 0.243 e. The van der Waals surface area contributed by atoms with Crippen LogP contribution in [-0.4, -0.2) is 31.7 Å². The standard InChI is InChI=1S/C23H30N2O3S/c1-18(2)16-22(19-10-5-3-6-11-19)24-23(26)20-12-9-15-25(17-20)29(27,28)21-13-7-4-8-14-21/h3-8,10-11,13-14,18,20,22H,9,12,15-17H2,1-2H3,(H,24,26)/t20-,22-/m0/s1. The molecule has 2 aromatic carbocycles. The summed E-state index contributed by atoms with van der Waals surface area (Å²) in [4.78, 5) is 13.3. The Labute approximate surface area is 174 Å². The Kier molecular flexibility index (Phi) is 7.09. The highest BCUT2D eigenvalue weighted by molar-refractivity contribution is 7.89. The van der Waals surface area contributed by atoms with Crippen LogP contribution in [0.4, 0.5) is 0 Å². The van der Waals surface area contributed by atoms with E-state index in [2.05, 4.69) is 19.2 Å². The van der Waals surface area contributed by atoms with E-state index in [0.717, 1.165) is 12.0 Å². The van der Waals surface area contributed by atoms with Crippen LogP contribution in [0.1, 0.15) is 44.7 Å². The highest BCUT2D eigenvalue weighted by Crippen LogP contribution is 2.26. The molecule has 0 spiro atoms. The van der Waals surface area contributed by atoms with Crippen molar-refractivity contribution < 1.29 is 13.2 Å². The molecule has 0 aliphatic carbocycles. The van der Waals surface area contributed by atoms with Gasteiger partial charge in [0.1, 0.15) is 0 Å². The van der Waals surface area contributed by atoms with Crippen LogP contribution in [-0.2, 0) is 14.8 Å².